The maximum atomic E-state index is 12.5. The quantitative estimate of drug-likeness (QED) is 0.830. The second kappa shape index (κ2) is 6.69. The van der Waals surface area contributed by atoms with Crippen molar-refractivity contribution in [2.75, 3.05) is 12.4 Å². The number of benzene rings is 1. The van der Waals surface area contributed by atoms with Gasteiger partial charge < -0.3 is 15.8 Å². The van der Waals surface area contributed by atoms with Crippen molar-refractivity contribution >= 4 is 40.1 Å². The summed E-state index contributed by atoms with van der Waals surface area (Å²) in [7, 11) is 1.54. The second-order valence-electron chi connectivity index (χ2n) is 4.33. The van der Waals surface area contributed by atoms with Gasteiger partial charge in [-0.3, -0.25) is 4.79 Å². The summed E-state index contributed by atoms with van der Waals surface area (Å²) in [5.41, 5.74) is 7.83. The zero-order valence-electron chi connectivity index (χ0n) is 11.8. The Balaban J connectivity index is 2.39. The first kappa shape index (κ1) is 15.5. The molecular formula is C15H16N2O2S2. The molecule has 4 nitrogen and oxygen atoms in total. The van der Waals surface area contributed by atoms with Gasteiger partial charge in [-0.05, 0) is 35.6 Å². The van der Waals surface area contributed by atoms with E-state index in [1.807, 2.05) is 18.4 Å². The highest BCUT2D eigenvalue weighted by atomic mass is 32.1. The number of hydrogen-bond donors (Lipinski definition) is 2. The summed E-state index contributed by atoms with van der Waals surface area (Å²) in [6, 6.07) is 7.25. The molecule has 1 aromatic carbocycles. The predicted octanol–water partition coefficient (Wildman–Crippen LogP) is 3.21. The first-order valence-corrected chi connectivity index (χ1v) is 7.71. The molecule has 0 aliphatic heterocycles. The van der Waals surface area contributed by atoms with Gasteiger partial charge in [0.2, 0.25) is 0 Å². The monoisotopic (exact) mass is 320 g/mol. The lowest BCUT2D eigenvalue weighted by molar-refractivity contribution is 0.102. The lowest BCUT2D eigenvalue weighted by atomic mass is 10.1. The van der Waals surface area contributed by atoms with Crippen LogP contribution in [0.4, 0.5) is 5.69 Å². The van der Waals surface area contributed by atoms with E-state index in [-0.39, 0.29) is 10.9 Å². The molecule has 1 aromatic heterocycles. The number of thiocarbonyl (C=S) groups is 1. The smallest absolute Gasteiger partial charge is 0.266 e. The van der Waals surface area contributed by atoms with Crippen LogP contribution >= 0.6 is 23.6 Å². The molecule has 2 rings (SSSR count). The average molecular weight is 320 g/mol. The molecule has 0 aliphatic carbocycles. The summed E-state index contributed by atoms with van der Waals surface area (Å²) in [5, 5.41) is 4.77. The molecule has 1 heterocycles. The lowest BCUT2D eigenvalue weighted by Crippen LogP contribution is -2.18. The number of amides is 1. The zero-order valence-corrected chi connectivity index (χ0v) is 13.4. The van der Waals surface area contributed by atoms with Gasteiger partial charge in [0.05, 0.1) is 17.7 Å². The van der Waals surface area contributed by atoms with Crippen LogP contribution in [-0.2, 0) is 6.42 Å². The number of ether oxygens (including phenoxy) is 1. The normalized spacial score (nSPS) is 10.2. The summed E-state index contributed by atoms with van der Waals surface area (Å²) >= 11 is 6.44. The molecule has 1 amide bonds. The number of thiophene rings is 1. The fourth-order valence-electron chi connectivity index (χ4n) is 2.02. The van der Waals surface area contributed by atoms with Crippen LogP contribution < -0.4 is 15.8 Å². The van der Waals surface area contributed by atoms with Gasteiger partial charge in [-0.15, -0.1) is 11.3 Å². The summed E-state index contributed by atoms with van der Waals surface area (Å²) in [4.78, 5) is 13.4. The summed E-state index contributed by atoms with van der Waals surface area (Å²) in [5.74, 6) is 0.354. The predicted molar refractivity (Wildman–Crippen MR) is 90.5 cm³/mol. The molecule has 0 saturated carbocycles. The van der Waals surface area contributed by atoms with E-state index in [1.54, 1.807) is 18.2 Å². The molecule has 110 valence electrons. The summed E-state index contributed by atoms with van der Waals surface area (Å²) in [6.07, 6.45) is 0.806. The Morgan fingerprint density at radius 1 is 1.43 bits per heavy atom. The van der Waals surface area contributed by atoms with Crippen LogP contribution in [0.15, 0.2) is 29.6 Å². The van der Waals surface area contributed by atoms with Crippen LogP contribution in [0.5, 0.6) is 5.75 Å². The van der Waals surface area contributed by atoms with Gasteiger partial charge in [-0.1, -0.05) is 25.2 Å². The van der Waals surface area contributed by atoms with E-state index < -0.39 is 0 Å². The first-order valence-electron chi connectivity index (χ1n) is 6.43. The molecular weight excluding hydrogens is 304 g/mol. The van der Waals surface area contributed by atoms with E-state index in [4.69, 9.17) is 22.7 Å². The maximum Gasteiger partial charge on any atom is 0.266 e. The number of hydrogen-bond acceptors (Lipinski definition) is 4. The molecule has 0 atom stereocenters. The van der Waals surface area contributed by atoms with Crippen LogP contribution in [0.2, 0.25) is 0 Å². The van der Waals surface area contributed by atoms with Crippen LogP contribution in [-0.4, -0.2) is 18.0 Å². The van der Waals surface area contributed by atoms with Gasteiger partial charge in [-0.25, -0.2) is 0 Å². The number of carbonyl (C=O) groups is 1. The molecule has 0 spiro atoms. The Bertz CT molecular complexity index is 680. The first-order chi connectivity index (χ1) is 10.1. The highest BCUT2D eigenvalue weighted by molar-refractivity contribution is 7.80. The van der Waals surface area contributed by atoms with Crippen molar-refractivity contribution in [2.24, 2.45) is 5.73 Å². The van der Waals surface area contributed by atoms with Gasteiger partial charge in [0.25, 0.3) is 5.91 Å². The number of methoxy groups -OCH3 is 1. The number of carbonyl (C=O) groups excluding carboxylic acids is 1. The minimum absolute atomic E-state index is 0.177. The van der Waals surface area contributed by atoms with Crippen molar-refractivity contribution in [1.29, 1.82) is 0 Å². The van der Waals surface area contributed by atoms with Crippen molar-refractivity contribution in [1.82, 2.24) is 0 Å². The molecule has 0 fully saturated rings. The van der Waals surface area contributed by atoms with Crippen molar-refractivity contribution in [3.05, 3.63) is 45.6 Å². The number of para-hydroxylation sites is 1. The van der Waals surface area contributed by atoms with Gasteiger partial charge in [0, 0.05) is 5.56 Å². The van der Waals surface area contributed by atoms with Crippen molar-refractivity contribution < 1.29 is 9.53 Å². The summed E-state index contributed by atoms with van der Waals surface area (Å²) < 4.78 is 5.28. The molecule has 3 N–H and O–H groups in total. The third-order valence-corrected chi connectivity index (χ3v) is 4.26. The fraction of sp³-hybridized carbons (Fsp3) is 0.200. The van der Waals surface area contributed by atoms with E-state index in [2.05, 4.69) is 5.32 Å². The molecule has 0 aliphatic rings. The van der Waals surface area contributed by atoms with Crippen LogP contribution in [0.25, 0.3) is 0 Å². The lowest BCUT2D eigenvalue weighted by Gasteiger charge is -2.14. The van der Waals surface area contributed by atoms with Crippen molar-refractivity contribution in [3.8, 4) is 5.75 Å². The van der Waals surface area contributed by atoms with Crippen LogP contribution in [0.1, 0.15) is 27.7 Å². The van der Waals surface area contributed by atoms with E-state index in [1.165, 1.54) is 18.4 Å². The number of nitrogens with one attached hydrogen (secondary N) is 1. The summed E-state index contributed by atoms with van der Waals surface area (Å²) in [6.45, 7) is 2.02. The Labute approximate surface area is 132 Å². The number of nitrogens with two attached hydrogens (primary N) is 1. The van der Waals surface area contributed by atoms with E-state index in [0.29, 0.717) is 21.9 Å². The number of anilines is 1. The van der Waals surface area contributed by atoms with Crippen LogP contribution in [0.3, 0.4) is 0 Å². The number of rotatable bonds is 5. The Kier molecular flexibility index (Phi) is 4.93. The largest absolute Gasteiger partial charge is 0.495 e. The van der Waals surface area contributed by atoms with Gasteiger partial charge in [0.1, 0.15) is 10.7 Å². The SMILES string of the molecule is CCc1ccsc1C(=O)Nc1c(OC)cccc1C(N)=S. The molecule has 0 saturated heterocycles. The highest BCUT2D eigenvalue weighted by Crippen LogP contribution is 2.30. The minimum Gasteiger partial charge on any atom is -0.495 e. The van der Waals surface area contributed by atoms with E-state index >= 15 is 0 Å². The molecule has 0 unspecified atom stereocenters. The molecule has 0 bridgehead atoms. The maximum absolute atomic E-state index is 12.5. The average Bonchev–Trinajstić information content (AvgIpc) is 2.95. The molecule has 0 radical (unpaired) electrons. The zero-order chi connectivity index (χ0) is 15.4. The third kappa shape index (κ3) is 3.22. The van der Waals surface area contributed by atoms with E-state index in [9.17, 15) is 4.79 Å². The molecule has 21 heavy (non-hydrogen) atoms. The van der Waals surface area contributed by atoms with Gasteiger partial charge in [-0.2, -0.15) is 0 Å². The second-order valence-corrected chi connectivity index (χ2v) is 5.69. The van der Waals surface area contributed by atoms with Crippen LogP contribution in [0, 0.1) is 0 Å². The van der Waals surface area contributed by atoms with Crippen molar-refractivity contribution in [3.63, 3.8) is 0 Å². The third-order valence-electron chi connectivity index (χ3n) is 3.08. The Morgan fingerprint density at radius 3 is 2.81 bits per heavy atom. The van der Waals surface area contributed by atoms with Gasteiger partial charge >= 0.3 is 0 Å². The fourth-order valence-corrected chi connectivity index (χ4v) is 3.08. The highest BCUT2D eigenvalue weighted by Gasteiger charge is 2.17. The molecule has 6 heteroatoms. The van der Waals surface area contributed by atoms with E-state index in [0.717, 1.165) is 12.0 Å². The topological polar surface area (TPSA) is 64.3 Å². The van der Waals surface area contributed by atoms with Crippen molar-refractivity contribution in [2.45, 2.75) is 13.3 Å². The van der Waals surface area contributed by atoms with Gasteiger partial charge in [0.15, 0.2) is 0 Å². The standard InChI is InChI=1S/C15H16N2O2S2/c1-3-9-7-8-21-13(9)15(18)17-12-10(14(16)20)5-4-6-11(12)19-2/h4-8H,3H2,1-2H3,(H2,16,20)(H,17,18). The Morgan fingerprint density at radius 2 is 2.19 bits per heavy atom. The minimum atomic E-state index is -0.177. The Hall–Kier alpha value is -1.92. The number of aryl methyl sites for hydroxylation is 1. The molecule has 2 aromatic rings.